The van der Waals surface area contributed by atoms with Gasteiger partial charge in [0.25, 0.3) is 0 Å². The maximum absolute atomic E-state index is 12.4. The van der Waals surface area contributed by atoms with Gasteiger partial charge in [-0.05, 0) is 24.1 Å². The van der Waals surface area contributed by atoms with Crippen LogP contribution >= 0.6 is 0 Å². The van der Waals surface area contributed by atoms with Crippen molar-refractivity contribution in [3.8, 4) is 24.2 Å². The van der Waals surface area contributed by atoms with Crippen molar-refractivity contribution in [3.05, 3.63) is 52.6 Å². The van der Waals surface area contributed by atoms with Crippen LogP contribution in [0.4, 0.5) is 0 Å². The third kappa shape index (κ3) is 2.73. The van der Waals surface area contributed by atoms with Crippen LogP contribution in [-0.4, -0.2) is 12.4 Å². The van der Waals surface area contributed by atoms with Gasteiger partial charge in [0.1, 0.15) is 29.8 Å². The van der Waals surface area contributed by atoms with Gasteiger partial charge in [-0.1, -0.05) is 18.1 Å². The van der Waals surface area contributed by atoms with Crippen molar-refractivity contribution >= 4 is 5.78 Å². The molecule has 1 aliphatic heterocycles. The Balaban J connectivity index is 2.03. The number of benzene rings is 1. The second kappa shape index (κ2) is 6.52. The first-order chi connectivity index (χ1) is 11.7. The van der Waals surface area contributed by atoms with E-state index < -0.39 is 5.92 Å². The van der Waals surface area contributed by atoms with E-state index in [0.29, 0.717) is 29.9 Å². The molecule has 5 heteroatoms. The number of rotatable bonds is 3. The standard InChI is InChI=1S/C19H16N2O3/c1-2-10-23-13-8-6-12(7-9-13)17-14(11-20)19(21)24-16-5-3-4-15(22)18(16)17/h1,6-9,17H,3-5,10,21H2/t17-/m0/s1. The fourth-order valence-corrected chi connectivity index (χ4v) is 3.07. The minimum Gasteiger partial charge on any atom is -0.481 e. The maximum Gasteiger partial charge on any atom is 0.205 e. The number of carbonyl (C=O) groups excluding carboxylic acids is 1. The number of allylic oxidation sites excluding steroid dienone is 3. The van der Waals surface area contributed by atoms with Crippen molar-refractivity contribution in [2.24, 2.45) is 5.73 Å². The van der Waals surface area contributed by atoms with Crippen molar-refractivity contribution in [2.45, 2.75) is 25.2 Å². The van der Waals surface area contributed by atoms with Crippen molar-refractivity contribution in [3.63, 3.8) is 0 Å². The highest BCUT2D eigenvalue weighted by Gasteiger charge is 2.37. The number of nitrogens with zero attached hydrogens (tertiary/aromatic N) is 1. The summed E-state index contributed by atoms with van der Waals surface area (Å²) in [7, 11) is 0. The summed E-state index contributed by atoms with van der Waals surface area (Å²) in [5.41, 5.74) is 7.52. The summed E-state index contributed by atoms with van der Waals surface area (Å²) < 4.78 is 10.9. The number of hydrogen-bond acceptors (Lipinski definition) is 5. The molecular weight excluding hydrogens is 304 g/mol. The summed E-state index contributed by atoms with van der Waals surface area (Å²) in [5, 5.41) is 9.49. The summed E-state index contributed by atoms with van der Waals surface area (Å²) >= 11 is 0. The summed E-state index contributed by atoms with van der Waals surface area (Å²) in [5.74, 6) is 3.20. The van der Waals surface area contributed by atoms with E-state index in [1.165, 1.54) is 0 Å². The third-order valence-corrected chi connectivity index (χ3v) is 4.14. The van der Waals surface area contributed by atoms with E-state index >= 15 is 0 Å². The number of terminal acetylenes is 1. The average molecular weight is 320 g/mol. The zero-order valence-corrected chi connectivity index (χ0v) is 13.0. The molecule has 0 spiro atoms. The minimum atomic E-state index is -0.492. The Kier molecular flexibility index (Phi) is 4.26. The highest BCUT2D eigenvalue weighted by atomic mass is 16.5. The first kappa shape index (κ1) is 15.7. The van der Waals surface area contributed by atoms with Crippen LogP contribution in [-0.2, 0) is 9.53 Å². The molecule has 0 fully saturated rings. The average Bonchev–Trinajstić information content (AvgIpc) is 2.59. The molecular formula is C19H16N2O3. The molecule has 5 nitrogen and oxygen atoms in total. The molecule has 0 aromatic heterocycles. The van der Waals surface area contributed by atoms with E-state index in [1.54, 1.807) is 12.1 Å². The number of hydrogen-bond donors (Lipinski definition) is 1. The van der Waals surface area contributed by atoms with Gasteiger partial charge >= 0.3 is 0 Å². The van der Waals surface area contributed by atoms with Gasteiger partial charge in [0.2, 0.25) is 5.88 Å². The number of Topliss-reactive ketones (excluding diaryl/α,β-unsaturated/α-hetero) is 1. The van der Waals surface area contributed by atoms with E-state index in [1.807, 2.05) is 12.1 Å². The van der Waals surface area contributed by atoms with Crippen LogP contribution in [0.3, 0.4) is 0 Å². The Hall–Kier alpha value is -3.18. The second-order valence-corrected chi connectivity index (χ2v) is 5.60. The maximum atomic E-state index is 12.4. The van der Waals surface area contributed by atoms with Gasteiger partial charge in [-0.3, -0.25) is 4.79 Å². The molecule has 0 bridgehead atoms. The van der Waals surface area contributed by atoms with E-state index in [4.69, 9.17) is 21.6 Å². The molecule has 2 N–H and O–H groups in total. The van der Waals surface area contributed by atoms with Crippen LogP contribution in [0.2, 0.25) is 0 Å². The zero-order valence-electron chi connectivity index (χ0n) is 13.0. The van der Waals surface area contributed by atoms with Crippen LogP contribution in [0.25, 0.3) is 0 Å². The smallest absolute Gasteiger partial charge is 0.205 e. The van der Waals surface area contributed by atoms with Gasteiger partial charge in [0, 0.05) is 18.4 Å². The molecule has 0 saturated heterocycles. The van der Waals surface area contributed by atoms with Gasteiger partial charge in [-0.2, -0.15) is 5.26 Å². The summed E-state index contributed by atoms with van der Waals surface area (Å²) in [6.07, 6.45) is 7.02. The van der Waals surface area contributed by atoms with Crippen LogP contribution in [0.1, 0.15) is 30.7 Å². The van der Waals surface area contributed by atoms with E-state index in [2.05, 4.69) is 12.0 Å². The third-order valence-electron chi connectivity index (χ3n) is 4.14. The Bertz CT molecular complexity index is 820. The molecule has 1 aliphatic carbocycles. The lowest BCUT2D eigenvalue weighted by molar-refractivity contribution is -0.116. The highest BCUT2D eigenvalue weighted by Crippen LogP contribution is 2.43. The van der Waals surface area contributed by atoms with Gasteiger partial charge < -0.3 is 15.2 Å². The van der Waals surface area contributed by atoms with Crippen LogP contribution in [0, 0.1) is 23.7 Å². The van der Waals surface area contributed by atoms with Crippen molar-refractivity contribution < 1.29 is 14.3 Å². The quantitative estimate of drug-likeness (QED) is 0.865. The normalized spacial score (nSPS) is 19.9. The van der Waals surface area contributed by atoms with E-state index in [-0.39, 0.29) is 23.8 Å². The second-order valence-electron chi connectivity index (χ2n) is 5.60. The summed E-state index contributed by atoms with van der Waals surface area (Å²) in [6, 6.07) is 9.26. The molecule has 1 aromatic rings. The number of ether oxygens (including phenoxy) is 2. The molecule has 0 radical (unpaired) electrons. The van der Waals surface area contributed by atoms with Crippen LogP contribution in [0.5, 0.6) is 5.75 Å². The first-order valence-electron chi connectivity index (χ1n) is 7.65. The molecule has 1 heterocycles. The van der Waals surface area contributed by atoms with Gasteiger partial charge in [0.05, 0.1) is 5.92 Å². The Morgan fingerprint density at radius 1 is 1.33 bits per heavy atom. The number of nitrogens with two attached hydrogens (primary N) is 1. The van der Waals surface area contributed by atoms with Gasteiger partial charge in [-0.25, -0.2) is 0 Å². The monoisotopic (exact) mass is 320 g/mol. The zero-order chi connectivity index (χ0) is 17.1. The topological polar surface area (TPSA) is 85.3 Å². The Labute approximate surface area is 140 Å². The number of carbonyl (C=O) groups is 1. The highest BCUT2D eigenvalue weighted by molar-refractivity contribution is 5.99. The van der Waals surface area contributed by atoms with Crippen molar-refractivity contribution in [1.29, 1.82) is 5.26 Å². The fourth-order valence-electron chi connectivity index (χ4n) is 3.07. The largest absolute Gasteiger partial charge is 0.481 e. The lowest BCUT2D eigenvalue weighted by Crippen LogP contribution is -2.27. The lowest BCUT2D eigenvalue weighted by Gasteiger charge is -2.31. The Morgan fingerprint density at radius 2 is 2.08 bits per heavy atom. The Morgan fingerprint density at radius 3 is 2.75 bits per heavy atom. The fraction of sp³-hybridized carbons (Fsp3) is 0.263. The first-order valence-corrected chi connectivity index (χ1v) is 7.65. The predicted molar refractivity (Wildman–Crippen MR) is 87.3 cm³/mol. The lowest BCUT2D eigenvalue weighted by atomic mass is 9.77. The molecule has 3 rings (SSSR count). The number of nitriles is 1. The predicted octanol–water partition coefficient (Wildman–Crippen LogP) is 2.51. The summed E-state index contributed by atoms with van der Waals surface area (Å²) in [6.45, 7) is 0.181. The van der Waals surface area contributed by atoms with Crippen LogP contribution in [0.15, 0.2) is 47.1 Å². The molecule has 1 atom stereocenters. The van der Waals surface area contributed by atoms with Gasteiger partial charge in [0.15, 0.2) is 5.78 Å². The van der Waals surface area contributed by atoms with Crippen molar-refractivity contribution in [2.75, 3.05) is 6.61 Å². The van der Waals surface area contributed by atoms with E-state index in [9.17, 15) is 10.1 Å². The molecule has 24 heavy (non-hydrogen) atoms. The minimum absolute atomic E-state index is 0.00848. The molecule has 120 valence electrons. The molecule has 0 amide bonds. The molecule has 0 saturated carbocycles. The molecule has 1 aromatic carbocycles. The SMILES string of the molecule is C#CCOc1ccc([C@H]2C(C#N)=C(N)OC3=C2C(=O)CCC3)cc1. The van der Waals surface area contributed by atoms with E-state index in [0.717, 1.165) is 12.0 Å². The summed E-state index contributed by atoms with van der Waals surface area (Å²) in [4.78, 5) is 12.4. The molecule has 2 aliphatic rings. The number of ketones is 1. The van der Waals surface area contributed by atoms with Crippen LogP contribution < -0.4 is 10.5 Å². The van der Waals surface area contributed by atoms with Gasteiger partial charge in [-0.15, -0.1) is 6.42 Å². The molecule has 0 unspecified atom stereocenters. The van der Waals surface area contributed by atoms with Crippen molar-refractivity contribution in [1.82, 2.24) is 0 Å².